The number of ether oxygens (including phenoxy) is 3. The van der Waals surface area contributed by atoms with Gasteiger partial charge in [-0.25, -0.2) is 4.79 Å². The molecular weight excluding hydrogens is 330 g/mol. The summed E-state index contributed by atoms with van der Waals surface area (Å²) >= 11 is 0. The van der Waals surface area contributed by atoms with Crippen LogP contribution in [0.25, 0.3) is 0 Å². The Morgan fingerprint density at radius 3 is 2.52 bits per heavy atom. The topological polar surface area (TPSA) is 106 Å². The normalized spacial score (nSPS) is 11.2. The van der Waals surface area contributed by atoms with Gasteiger partial charge in [0, 0.05) is 0 Å². The number of hydrogen-bond acceptors (Lipinski definition) is 7. The average molecular weight is 351 g/mol. The van der Waals surface area contributed by atoms with Gasteiger partial charge in [-0.05, 0) is 34.5 Å². The van der Waals surface area contributed by atoms with Crippen LogP contribution in [0.2, 0.25) is 0 Å². The Bertz CT molecular complexity index is 743. The molecule has 136 valence electrons. The maximum absolute atomic E-state index is 12.4. The number of aromatic nitrogens is 2. The van der Waals surface area contributed by atoms with Crippen LogP contribution in [0.1, 0.15) is 26.0 Å². The second-order valence-electron chi connectivity index (χ2n) is 4.71. The molecular formula is C16H21N3O6. The molecule has 0 saturated carbocycles. The van der Waals surface area contributed by atoms with Crippen LogP contribution in [0.4, 0.5) is 5.82 Å². The molecule has 0 saturated heterocycles. The summed E-state index contributed by atoms with van der Waals surface area (Å²) in [5.74, 6) is 0.0150. The van der Waals surface area contributed by atoms with Crippen molar-refractivity contribution in [1.82, 2.24) is 9.55 Å². The van der Waals surface area contributed by atoms with Gasteiger partial charge in [-0.15, -0.1) is 0 Å². The molecule has 0 amide bonds. The van der Waals surface area contributed by atoms with Crippen LogP contribution in [0.3, 0.4) is 0 Å². The number of benzene rings is 1. The predicted octanol–water partition coefficient (Wildman–Crippen LogP) is 2.60. The third-order valence-electron chi connectivity index (χ3n) is 3.31. The van der Waals surface area contributed by atoms with Gasteiger partial charge in [0.15, 0.2) is 17.5 Å². The Kier molecular flexibility index (Phi) is 6.92. The maximum Gasteiger partial charge on any atom is 0.381 e. The minimum atomic E-state index is -0.925. The molecule has 0 aliphatic heterocycles. The Morgan fingerprint density at radius 2 is 2.00 bits per heavy atom. The van der Waals surface area contributed by atoms with E-state index in [2.05, 4.69) is 4.98 Å². The lowest BCUT2D eigenvalue weighted by Gasteiger charge is -2.18. The fourth-order valence-electron chi connectivity index (χ4n) is 2.24. The number of carbonyl (C=O) groups is 1. The predicted molar refractivity (Wildman–Crippen MR) is 89.9 cm³/mol. The summed E-state index contributed by atoms with van der Waals surface area (Å²) in [6.07, 6.45) is 2.40. The van der Waals surface area contributed by atoms with E-state index < -0.39 is 16.9 Å². The number of hydrogen-bond donors (Lipinski definition) is 0. The van der Waals surface area contributed by atoms with E-state index in [9.17, 15) is 14.9 Å². The van der Waals surface area contributed by atoms with Crippen molar-refractivity contribution in [2.24, 2.45) is 0 Å². The highest BCUT2D eigenvalue weighted by Crippen LogP contribution is 2.32. The number of nitro groups is 1. The first-order valence-corrected chi connectivity index (χ1v) is 7.08. The largest absolute Gasteiger partial charge is 0.493 e. The SMILES string of the molecule is C.CCOC(=O)C(c1ccc(OC)c(OC)c1)n1cnc([N+](=O)[O-])c1. The summed E-state index contributed by atoms with van der Waals surface area (Å²) < 4.78 is 16.8. The quantitative estimate of drug-likeness (QED) is 0.429. The van der Waals surface area contributed by atoms with Gasteiger partial charge in [-0.1, -0.05) is 13.5 Å². The van der Waals surface area contributed by atoms with E-state index >= 15 is 0 Å². The Hall–Kier alpha value is -3.10. The van der Waals surface area contributed by atoms with Crippen LogP contribution in [0, 0.1) is 10.1 Å². The third kappa shape index (κ3) is 4.25. The number of imidazole rings is 1. The molecule has 1 unspecified atom stereocenters. The van der Waals surface area contributed by atoms with E-state index in [4.69, 9.17) is 14.2 Å². The third-order valence-corrected chi connectivity index (χ3v) is 3.31. The molecule has 9 heteroatoms. The molecule has 1 atom stereocenters. The highest BCUT2D eigenvalue weighted by atomic mass is 16.6. The van der Waals surface area contributed by atoms with Crippen molar-refractivity contribution in [1.29, 1.82) is 0 Å². The first-order valence-electron chi connectivity index (χ1n) is 7.08. The van der Waals surface area contributed by atoms with Gasteiger partial charge in [0.25, 0.3) is 0 Å². The molecule has 2 rings (SSSR count). The molecule has 0 aliphatic rings. The smallest absolute Gasteiger partial charge is 0.381 e. The van der Waals surface area contributed by atoms with E-state index in [-0.39, 0.29) is 19.9 Å². The van der Waals surface area contributed by atoms with Crippen molar-refractivity contribution in [2.45, 2.75) is 20.4 Å². The van der Waals surface area contributed by atoms with Gasteiger partial charge in [0.05, 0.1) is 20.8 Å². The molecule has 0 fully saturated rings. The first kappa shape index (κ1) is 19.9. The fourth-order valence-corrected chi connectivity index (χ4v) is 2.24. The molecule has 0 radical (unpaired) electrons. The van der Waals surface area contributed by atoms with Gasteiger partial charge in [0.1, 0.15) is 6.20 Å². The van der Waals surface area contributed by atoms with E-state index in [0.717, 1.165) is 0 Å². The molecule has 0 bridgehead atoms. The van der Waals surface area contributed by atoms with E-state index in [1.54, 1.807) is 25.1 Å². The Balaban J connectivity index is 0.00000312. The molecule has 0 spiro atoms. The minimum absolute atomic E-state index is 0. The van der Waals surface area contributed by atoms with Crippen LogP contribution in [0.5, 0.6) is 11.5 Å². The van der Waals surface area contributed by atoms with E-state index in [0.29, 0.717) is 17.1 Å². The number of rotatable bonds is 7. The Morgan fingerprint density at radius 1 is 1.32 bits per heavy atom. The van der Waals surface area contributed by atoms with Crippen molar-refractivity contribution in [3.8, 4) is 11.5 Å². The second kappa shape index (κ2) is 8.67. The van der Waals surface area contributed by atoms with E-state index in [1.165, 1.54) is 31.3 Å². The van der Waals surface area contributed by atoms with Crippen LogP contribution in [0.15, 0.2) is 30.7 Å². The van der Waals surface area contributed by atoms with E-state index in [1.807, 2.05) is 0 Å². The van der Waals surface area contributed by atoms with Crippen molar-refractivity contribution in [3.63, 3.8) is 0 Å². The molecule has 9 nitrogen and oxygen atoms in total. The number of nitrogens with zero attached hydrogens (tertiary/aromatic N) is 3. The summed E-state index contributed by atoms with van der Waals surface area (Å²) in [6.45, 7) is 1.86. The van der Waals surface area contributed by atoms with Crippen molar-refractivity contribution >= 4 is 11.8 Å². The molecule has 2 aromatic rings. The monoisotopic (exact) mass is 351 g/mol. The van der Waals surface area contributed by atoms with Crippen LogP contribution in [-0.2, 0) is 9.53 Å². The van der Waals surface area contributed by atoms with Crippen LogP contribution >= 0.6 is 0 Å². The number of esters is 1. The molecule has 0 aliphatic carbocycles. The number of carbonyl (C=O) groups excluding carboxylic acids is 1. The summed E-state index contributed by atoms with van der Waals surface area (Å²) in [6, 6.07) is 4.00. The zero-order valence-electron chi connectivity index (χ0n) is 13.5. The van der Waals surface area contributed by atoms with Gasteiger partial charge >= 0.3 is 11.8 Å². The van der Waals surface area contributed by atoms with Crippen molar-refractivity contribution in [2.75, 3.05) is 20.8 Å². The standard InChI is InChI=1S/C15H17N3O6.CH4/c1-4-24-15(19)14(17-8-13(16-9-17)18(20)21)10-5-6-11(22-2)12(7-10)23-3;/h5-9,14H,4H2,1-3H3;1H4. The number of methoxy groups -OCH3 is 2. The van der Waals surface area contributed by atoms with Crippen LogP contribution < -0.4 is 9.47 Å². The summed E-state index contributed by atoms with van der Waals surface area (Å²) in [7, 11) is 2.97. The summed E-state index contributed by atoms with van der Waals surface area (Å²) in [5.41, 5.74) is 0.526. The van der Waals surface area contributed by atoms with Gasteiger partial charge in [-0.3, -0.25) is 4.57 Å². The molecule has 1 heterocycles. The zero-order chi connectivity index (χ0) is 17.7. The second-order valence-corrected chi connectivity index (χ2v) is 4.71. The van der Waals surface area contributed by atoms with Crippen LogP contribution in [-0.4, -0.2) is 41.3 Å². The minimum Gasteiger partial charge on any atom is -0.493 e. The van der Waals surface area contributed by atoms with Gasteiger partial charge in [0.2, 0.25) is 6.33 Å². The van der Waals surface area contributed by atoms with Crippen molar-refractivity contribution < 1.29 is 23.9 Å². The highest BCUT2D eigenvalue weighted by Gasteiger charge is 2.27. The van der Waals surface area contributed by atoms with Gasteiger partial charge in [-0.2, -0.15) is 0 Å². The average Bonchev–Trinajstić information content (AvgIpc) is 3.05. The fraction of sp³-hybridized carbons (Fsp3) is 0.375. The maximum atomic E-state index is 12.4. The lowest BCUT2D eigenvalue weighted by molar-refractivity contribution is -0.389. The molecule has 0 N–H and O–H groups in total. The summed E-state index contributed by atoms with van der Waals surface area (Å²) in [4.78, 5) is 26.2. The Labute approximate surface area is 145 Å². The van der Waals surface area contributed by atoms with Gasteiger partial charge < -0.3 is 24.3 Å². The molecule has 25 heavy (non-hydrogen) atoms. The highest BCUT2D eigenvalue weighted by molar-refractivity contribution is 5.78. The lowest BCUT2D eigenvalue weighted by Crippen LogP contribution is -2.22. The molecule has 1 aromatic heterocycles. The molecule has 1 aromatic carbocycles. The lowest BCUT2D eigenvalue weighted by atomic mass is 10.1. The first-order chi connectivity index (χ1) is 11.5. The zero-order valence-corrected chi connectivity index (χ0v) is 13.5. The summed E-state index contributed by atoms with van der Waals surface area (Å²) in [5, 5.41) is 10.8. The van der Waals surface area contributed by atoms with Crippen molar-refractivity contribution in [3.05, 3.63) is 46.4 Å².